The molecule has 0 radical (unpaired) electrons. The zero-order chi connectivity index (χ0) is 20.6. The van der Waals surface area contributed by atoms with Crippen LogP contribution in [0.15, 0.2) is 67.0 Å². The number of carbonyl (C=O) groups is 2. The topological polar surface area (TPSA) is 84.4 Å². The van der Waals surface area contributed by atoms with Crippen molar-refractivity contribution in [3.8, 4) is 0 Å². The Balaban J connectivity index is 1.73. The molecule has 1 N–H and O–H groups in total. The molecule has 1 aromatic heterocycles. The smallest absolute Gasteiger partial charge is 0.339 e. The van der Waals surface area contributed by atoms with Crippen molar-refractivity contribution in [2.45, 2.75) is 13.5 Å². The highest BCUT2D eigenvalue weighted by Crippen LogP contribution is 2.18. The molecule has 0 aliphatic carbocycles. The Kier molecular flexibility index (Phi) is 6.52. The highest BCUT2D eigenvalue weighted by Gasteiger charge is 2.15. The van der Waals surface area contributed by atoms with Crippen molar-refractivity contribution < 1.29 is 14.3 Å². The van der Waals surface area contributed by atoms with Crippen LogP contribution >= 0.6 is 0 Å². The summed E-state index contributed by atoms with van der Waals surface area (Å²) >= 11 is 0. The number of carbonyl (C=O) groups excluding carboxylic acids is 2. The summed E-state index contributed by atoms with van der Waals surface area (Å²) in [5.74, 6) is -0.381. The summed E-state index contributed by atoms with van der Waals surface area (Å²) in [6, 6.07) is 16.7. The average Bonchev–Trinajstić information content (AvgIpc) is 2.78. The predicted molar refractivity (Wildman–Crippen MR) is 111 cm³/mol. The number of hydrogen-bond donors (Lipinski definition) is 1. The number of esters is 1. The van der Waals surface area contributed by atoms with Gasteiger partial charge in [0.25, 0.3) is 5.91 Å². The Morgan fingerprint density at radius 2 is 1.66 bits per heavy atom. The number of nitrogens with one attached hydrogen (secondary N) is 1. The van der Waals surface area contributed by atoms with Crippen LogP contribution < -0.4 is 10.2 Å². The van der Waals surface area contributed by atoms with Crippen LogP contribution in [0.2, 0.25) is 0 Å². The van der Waals surface area contributed by atoms with Gasteiger partial charge in [-0.15, -0.1) is 0 Å². The summed E-state index contributed by atoms with van der Waals surface area (Å²) in [7, 11) is 1.29. The number of aromatic nitrogens is 2. The SMILES string of the molecule is CCN(Cc1ccccc1)c1ncc(C(=O)Nc2ccccc2C(=O)OC)cn1. The second kappa shape index (κ2) is 9.45. The fourth-order valence-corrected chi connectivity index (χ4v) is 2.80. The number of methoxy groups -OCH3 is 1. The first-order valence-electron chi connectivity index (χ1n) is 9.22. The van der Waals surface area contributed by atoms with E-state index in [0.29, 0.717) is 23.7 Å². The van der Waals surface area contributed by atoms with Crippen molar-refractivity contribution in [3.05, 3.63) is 83.7 Å². The molecule has 7 heteroatoms. The molecule has 3 aromatic rings. The van der Waals surface area contributed by atoms with Gasteiger partial charge in [-0.2, -0.15) is 0 Å². The molecule has 0 saturated carbocycles. The molecule has 0 bridgehead atoms. The van der Waals surface area contributed by atoms with Gasteiger partial charge < -0.3 is 15.0 Å². The van der Waals surface area contributed by atoms with E-state index in [1.807, 2.05) is 42.2 Å². The molecular weight excluding hydrogens is 368 g/mol. The van der Waals surface area contributed by atoms with Crippen molar-refractivity contribution >= 4 is 23.5 Å². The molecule has 29 heavy (non-hydrogen) atoms. The van der Waals surface area contributed by atoms with Gasteiger partial charge in [-0.05, 0) is 24.6 Å². The van der Waals surface area contributed by atoms with Gasteiger partial charge in [0.05, 0.1) is 23.9 Å². The van der Waals surface area contributed by atoms with E-state index in [0.717, 1.165) is 12.1 Å². The third-order valence-corrected chi connectivity index (χ3v) is 4.36. The summed E-state index contributed by atoms with van der Waals surface area (Å²) in [5.41, 5.74) is 2.09. The molecule has 148 valence electrons. The van der Waals surface area contributed by atoms with Gasteiger partial charge in [-0.3, -0.25) is 4.79 Å². The Hall–Kier alpha value is -3.74. The van der Waals surface area contributed by atoms with E-state index in [1.165, 1.54) is 19.5 Å². The summed E-state index contributed by atoms with van der Waals surface area (Å²) in [6.45, 7) is 3.43. The minimum atomic E-state index is -0.521. The maximum atomic E-state index is 12.6. The normalized spacial score (nSPS) is 10.3. The Labute approximate surface area is 169 Å². The number of para-hydroxylation sites is 1. The minimum Gasteiger partial charge on any atom is -0.465 e. The minimum absolute atomic E-state index is 0.279. The summed E-state index contributed by atoms with van der Waals surface area (Å²) < 4.78 is 4.75. The lowest BCUT2D eigenvalue weighted by molar-refractivity contribution is 0.0602. The van der Waals surface area contributed by atoms with E-state index in [4.69, 9.17) is 4.74 Å². The van der Waals surface area contributed by atoms with Crippen LogP contribution in [0.5, 0.6) is 0 Å². The van der Waals surface area contributed by atoms with Gasteiger partial charge in [-0.25, -0.2) is 14.8 Å². The average molecular weight is 390 g/mol. The molecule has 1 heterocycles. The lowest BCUT2D eigenvalue weighted by Gasteiger charge is -2.20. The van der Waals surface area contributed by atoms with Gasteiger partial charge in [0.2, 0.25) is 5.95 Å². The van der Waals surface area contributed by atoms with E-state index in [9.17, 15) is 9.59 Å². The van der Waals surface area contributed by atoms with E-state index < -0.39 is 11.9 Å². The monoisotopic (exact) mass is 390 g/mol. The van der Waals surface area contributed by atoms with Gasteiger partial charge in [0.1, 0.15) is 0 Å². The number of anilines is 2. The van der Waals surface area contributed by atoms with Crippen LogP contribution in [0.25, 0.3) is 0 Å². The van der Waals surface area contributed by atoms with Crippen LogP contribution in [0.4, 0.5) is 11.6 Å². The first-order chi connectivity index (χ1) is 14.1. The Morgan fingerprint density at radius 1 is 1.00 bits per heavy atom. The highest BCUT2D eigenvalue weighted by atomic mass is 16.5. The summed E-state index contributed by atoms with van der Waals surface area (Å²) in [6.07, 6.45) is 2.96. The second-order valence-electron chi connectivity index (χ2n) is 6.26. The van der Waals surface area contributed by atoms with E-state index >= 15 is 0 Å². The largest absolute Gasteiger partial charge is 0.465 e. The van der Waals surface area contributed by atoms with Gasteiger partial charge >= 0.3 is 5.97 Å². The van der Waals surface area contributed by atoms with E-state index in [1.54, 1.807) is 24.3 Å². The molecule has 0 saturated heterocycles. The van der Waals surface area contributed by atoms with E-state index in [-0.39, 0.29) is 5.56 Å². The third kappa shape index (κ3) is 4.95. The quantitative estimate of drug-likeness (QED) is 0.621. The van der Waals surface area contributed by atoms with Crippen molar-refractivity contribution in [2.75, 3.05) is 23.9 Å². The van der Waals surface area contributed by atoms with Crippen molar-refractivity contribution in [1.82, 2.24) is 9.97 Å². The third-order valence-electron chi connectivity index (χ3n) is 4.36. The zero-order valence-corrected chi connectivity index (χ0v) is 16.3. The lowest BCUT2D eigenvalue weighted by atomic mass is 10.1. The predicted octanol–water partition coefficient (Wildman–Crippen LogP) is 3.54. The molecule has 0 atom stereocenters. The number of nitrogens with zero attached hydrogens (tertiary/aromatic N) is 3. The van der Waals surface area contributed by atoms with Crippen LogP contribution in [-0.4, -0.2) is 35.5 Å². The zero-order valence-electron chi connectivity index (χ0n) is 16.3. The molecule has 0 aliphatic heterocycles. The Bertz CT molecular complexity index is 975. The van der Waals surface area contributed by atoms with Gasteiger partial charge in [-0.1, -0.05) is 42.5 Å². The fourth-order valence-electron chi connectivity index (χ4n) is 2.80. The molecule has 0 spiro atoms. The summed E-state index contributed by atoms with van der Waals surface area (Å²) in [4.78, 5) is 35.1. The summed E-state index contributed by atoms with van der Waals surface area (Å²) in [5, 5.41) is 2.71. The molecule has 0 aliphatic rings. The van der Waals surface area contributed by atoms with Gasteiger partial charge in [0, 0.05) is 25.5 Å². The molecule has 7 nitrogen and oxygen atoms in total. The molecular formula is C22H22N4O3. The first kappa shape index (κ1) is 20.0. The van der Waals surface area contributed by atoms with Crippen LogP contribution in [0, 0.1) is 0 Å². The maximum absolute atomic E-state index is 12.6. The number of ether oxygens (including phenoxy) is 1. The van der Waals surface area contributed by atoms with E-state index in [2.05, 4.69) is 15.3 Å². The van der Waals surface area contributed by atoms with Crippen molar-refractivity contribution in [3.63, 3.8) is 0 Å². The number of benzene rings is 2. The van der Waals surface area contributed by atoms with Gasteiger partial charge in [0.15, 0.2) is 0 Å². The van der Waals surface area contributed by atoms with Crippen molar-refractivity contribution in [1.29, 1.82) is 0 Å². The standard InChI is InChI=1S/C22H22N4O3/c1-3-26(15-16-9-5-4-6-10-16)22-23-13-17(14-24-22)20(27)25-19-12-8-7-11-18(19)21(28)29-2/h4-14H,3,15H2,1-2H3,(H,25,27). The fraction of sp³-hybridized carbons (Fsp3) is 0.182. The molecule has 2 aromatic carbocycles. The number of amides is 1. The number of rotatable bonds is 7. The molecule has 0 fully saturated rings. The number of hydrogen-bond acceptors (Lipinski definition) is 6. The van der Waals surface area contributed by atoms with Crippen LogP contribution in [0.3, 0.4) is 0 Å². The van der Waals surface area contributed by atoms with Crippen LogP contribution in [-0.2, 0) is 11.3 Å². The first-order valence-corrected chi connectivity index (χ1v) is 9.22. The molecule has 3 rings (SSSR count). The molecule has 1 amide bonds. The highest BCUT2D eigenvalue weighted by molar-refractivity contribution is 6.07. The van der Waals surface area contributed by atoms with Crippen molar-refractivity contribution in [2.24, 2.45) is 0 Å². The Morgan fingerprint density at radius 3 is 2.31 bits per heavy atom. The lowest BCUT2D eigenvalue weighted by Crippen LogP contribution is -2.24. The second-order valence-corrected chi connectivity index (χ2v) is 6.26. The maximum Gasteiger partial charge on any atom is 0.339 e. The molecule has 0 unspecified atom stereocenters. The van der Waals surface area contributed by atoms with Crippen LogP contribution in [0.1, 0.15) is 33.2 Å².